The average Bonchev–Trinajstić information content (AvgIpc) is 3.00. The number of benzene rings is 1. The monoisotopic (exact) mass is 375 g/mol. The molecule has 0 aliphatic heterocycles. The van der Waals surface area contributed by atoms with Gasteiger partial charge in [-0.1, -0.05) is 18.2 Å². The maximum atomic E-state index is 13.5. The fourth-order valence-corrected chi connectivity index (χ4v) is 3.29. The number of hydrogen-bond donors (Lipinski definition) is 1. The molecule has 0 spiro atoms. The second-order valence-corrected chi connectivity index (χ2v) is 6.78. The summed E-state index contributed by atoms with van der Waals surface area (Å²) in [5.74, 6) is 0.698. The van der Waals surface area contributed by atoms with E-state index >= 15 is 0 Å². The number of aromatic nitrogens is 4. The van der Waals surface area contributed by atoms with Crippen molar-refractivity contribution in [3.63, 3.8) is 0 Å². The summed E-state index contributed by atoms with van der Waals surface area (Å²) in [4.78, 5) is 28.4. The summed E-state index contributed by atoms with van der Waals surface area (Å²) in [6.45, 7) is 0.337. The van der Waals surface area contributed by atoms with Crippen LogP contribution >= 0.6 is 11.8 Å². The Bertz CT molecular complexity index is 985. The maximum absolute atomic E-state index is 13.5. The summed E-state index contributed by atoms with van der Waals surface area (Å²) in [6, 6.07) is 6.63. The third kappa shape index (κ3) is 4.10. The molecule has 1 amide bonds. The molecular formula is C17H18FN5O2S. The Labute approximate surface area is 153 Å². The van der Waals surface area contributed by atoms with Crippen molar-refractivity contribution in [3.8, 4) is 0 Å². The van der Waals surface area contributed by atoms with Crippen LogP contribution in [-0.4, -0.2) is 37.5 Å². The van der Waals surface area contributed by atoms with Crippen LogP contribution < -0.4 is 10.9 Å². The number of carbonyl (C=O) groups excluding carboxylic acids is 1. The molecule has 0 atom stereocenters. The largest absolute Gasteiger partial charge is 0.354 e. The van der Waals surface area contributed by atoms with Crippen LogP contribution in [-0.2, 0) is 24.1 Å². The fourth-order valence-electron chi connectivity index (χ4n) is 2.45. The highest BCUT2D eigenvalue weighted by molar-refractivity contribution is 7.98. The number of fused-ring (bicyclic) bond motifs is 1. The molecule has 3 aromatic rings. The van der Waals surface area contributed by atoms with E-state index in [-0.39, 0.29) is 23.8 Å². The molecule has 1 N–H and O–H groups in total. The first-order valence-corrected chi connectivity index (χ1v) is 9.16. The molecule has 9 heteroatoms. The number of amides is 1. The average molecular weight is 375 g/mol. The van der Waals surface area contributed by atoms with Gasteiger partial charge in [0.2, 0.25) is 5.91 Å². The van der Waals surface area contributed by atoms with Gasteiger partial charge in [-0.25, -0.2) is 9.37 Å². The number of rotatable bonds is 7. The lowest BCUT2D eigenvalue weighted by Crippen LogP contribution is -2.33. The van der Waals surface area contributed by atoms with Crippen LogP contribution in [0.5, 0.6) is 0 Å². The number of hydrogen-bond acceptors (Lipinski definition) is 5. The van der Waals surface area contributed by atoms with Crippen LogP contribution in [0.4, 0.5) is 4.39 Å². The smallest absolute Gasteiger partial charge is 0.264 e. The molecular weight excluding hydrogens is 357 g/mol. The summed E-state index contributed by atoms with van der Waals surface area (Å²) in [6.07, 6.45) is 2.79. The van der Waals surface area contributed by atoms with Crippen molar-refractivity contribution in [2.75, 3.05) is 12.3 Å². The molecule has 7 nitrogen and oxygen atoms in total. The minimum absolute atomic E-state index is 0.103. The molecule has 0 radical (unpaired) electrons. The van der Waals surface area contributed by atoms with E-state index in [9.17, 15) is 14.0 Å². The summed E-state index contributed by atoms with van der Waals surface area (Å²) in [5, 5.41) is 7.12. The molecule has 0 bridgehead atoms. The highest BCUT2D eigenvalue weighted by Crippen LogP contribution is 2.14. The summed E-state index contributed by atoms with van der Waals surface area (Å²) in [7, 11) is 1.70. The molecule has 0 aliphatic rings. The van der Waals surface area contributed by atoms with Crippen molar-refractivity contribution in [3.05, 3.63) is 58.5 Å². The summed E-state index contributed by atoms with van der Waals surface area (Å²) < 4.78 is 16.3. The fraction of sp³-hybridized carbons (Fsp3) is 0.294. The topological polar surface area (TPSA) is 81.8 Å². The van der Waals surface area contributed by atoms with Gasteiger partial charge in [-0.3, -0.25) is 18.8 Å². The van der Waals surface area contributed by atoms with Gasteiger partial charge in [0.05, 0.1) is 6.20 Å². The van der Waals surface area contributed by atoms with Gasteiger partial charge in [0, 0.05) is 25.1 Å². The van der Waals surface area contributed by atoms with E-state index in [0.717, 1.165) is 0 Å². The third-order valence-electron chi connectivity index (χ3n) is 3.82. The zero-order valence-corrected chi connectivity index (χ0v) is 15.0. The third-order valence-corrected chi connectivity index (χ3v) is 4.82. The lowest BCUT2D eigenvalue weighted by atomic mass is 10.2. The zero-order chi connectivity index (χ0) is 18.5. The van der Waals surface area contributed by atoms with Gasteiger partial charge in [-0.05, 0) is 11.6 Å². The molecule has 0 saturated carbocycles. The van der Waals surface area contributed by atoms with Crippen molar-refractivity contribution in [2.45, 2.75) is 12.3 Å². The standard InChI is InChI=1S/C17H18FN5O2S/c1-22-16-13(8-21-22)17(25)23(11-20-16)9-15(24)19-6-7-26-10-12-4-2-3-5-14(12)18/h2-5,8,11H,6-7,9-10H2,1H3,(H,19,24). The van der Waals surface area contributed by atoms with Crippen LogP contribution in [0.3, 0.4) is 0 Å². The number of nitrogens with zero attached hydrogens (tertiary/aromatic N) is 4. The molecule has 136 valence electrons. The van der Waals surface area contributed by atoms with Gasteiger partial charge in [0.15, 0.2) is 5.65 Å². The van der Waals surface area contributed by atoms with E-state index in [2.05, 4.69) is 15.4 Å². The van der Waals surface area contributed by atoms with E-state index in [1.54, 1.807) is 25.2 Å². The highest BCUT2D eigenvalue weighted by Gasteiger charge is 2.10. The number of aryl methyl sites for hydroxylation is 1. The molecule has 1 aromatic carbocycles. The van der Waals surface area contributed by atoms with Crippen LogP contribution in [0, 0.1) is 5.82 Å². The van der Waals surface area contributed by atoms with E-state index in [1.807, 2.05) is 0 Å². The SMILES string of the molecule is Cn1ncc2c(=O)n(CC(=O)NCCSCc3ccccc3F)cnc21. The minimum Gasteiger partial charge on any atom is -0.354 e. The zero-order valence-electron chi connectivity index (χ0n) is 14.2. The van der Waals surface area contributed by atoms with Crippen LogP contribution in [0.2, 0.25) is 0 Å². The number of nitrogens with one attached hydrogen (secondary N) is 1. The lowest BCUT2D eigenvalue weighted by Gasteiger charge is -2.07. The predicted molar refractivity (Wildman–Crippen MR) is 98.3 cm³/mol. The quantitative estimate of drug-likeness (QED) is 0.630. The Balaban J connectivity index is 1.47. The first-order chi connectivity index (χ1) is 12.6. The lowest BCUT2D eigenvalue weighted by molar-refractivity contribution is -0.121. The predicted octanol–water partition coefficient (Wildman–Crippen LogP) is 1.32. The Hall–Kier alpha value is -2.68. The van der Waals surface area contributed by atoms with Crippen LogP contribution in [0.1, 0.15) is 5.56 Å². The second kappa shape index (κ2) is 8.13. The minimum atomic E-state index is -0.299. The van der Waals surface area contributed by atoms with Gasteiger partial charge < -0.3 is 5.32 Å². The highest BCUT2D eigenvalue weighted by atomic mass is 32.2. The molecule has 2 aromatic heterocycles. The van der Waals surface area contributed by atoms with Gasteiger partial charge in [0.25, 0.3) is 5.56 Å². The summed E-state index contributed by atoms with van der Waals surface area (Å²) >= 11 is 1.53. The van der Waals surface area contributed by atoms with E-state index in [4.69, 9.17) is 0 Å². The molecule has 0 aliphatic carbocycles. The molecule has 26 heavy (non-hydrogen) atoms. The van der Waals surface area contributed by atoms with E-state index in [0.29, 0.717) is 34.6 Å². The van der Waals surface area contributed by atoms with E-state index < -0.39 is 0 Å². The molecule has 0 saturated heterocycles. The molecule has 0 fully saturated rings. The van der Waals surface area contributed by atoms with Gasteiger partial charge in [0.1, 0.15) is 24.1 Å². The van der Waals surface area contributed by atoms with Crippen LogP contribution in [0.15, 0.2) is 41.6 Å². The number of thioether (sulfide) groups is 1. The van der Waals surface area contributed by atoms with Crippen molar-refractivity contribution >= 4 is 28.7 Å². The van der Waals surface area contributed by atoms with Gasteiger partial charge in [-0.2, -0.15) is 16.9 Å². The molecule has 3 rings (SSSR count). The Morgan fingerprint density at radius 3 is 2.96 bits per heavy atom. The van der Waals surface area contributed by atoms with E-state index in [1.165, 1.54) is 39.6 Å². The number of halogens is 1. The Morgan fingerprint density at radius 2 is 2.15 bits per heavy atom. The molecule has 0 unspecified atom stereocenters. The first-order valence-electron chi connectivity index (χ1n) is 8.01. The van der Waals surface area contributed by atoms with Crippen molar-refractivity contribution in [2.24, 2.45) is 7.05 Å². The first kappa shape index (κ1) is 18.1. The van der Waals surface area contributed by atoms with Gasteiger partial charge >= 0.3 is 0 Å². The van der Waals surface area contributed by atoms with Crippen molar-refractivity contribution < 1.29 is 9.18 Å². The van der Waals surface area contributed by atoms with Crippen molar-refractivity contribution in [1.29, 1.82) is 0 Å². The van der Waals surface area contributed by atoms with Gasteiger partial charge in [-0.15, -0.1) is 0 Å². The second-order valence-electron chi connectivity index (χ2n) is 5.68. The van der Waals surface area contributed by atoms with Crippen LogP contribution in [0.25, 0.3) is 11.0 Å². The normalized spacial score (nSPS) is 11.0. The number of carbonyl (C=O) groups is 1. The summed E-state index contributed by atoms with van der Waals surface area (Å²) in [5.41, 5.74) is 0.828. The maximum Gasteiger partial charge on any atom is 0.264 e. The Morgan fingerprint density at radius 1 is 1.35 bits per heavy atom. The van der Waals surface area contributed by atoms with Crippen molar-refractivity contribution in [1.82, 2.24) is 24.6 Å². The Kier molecular flexibility index (Phi) is 5.67. The molecule has 2 heterocycles.